The van der Waals surface area contributed by atoms with Crippen LogP contribution in [0.1, 0.15) is 62.1 Å². The first-order chi connectivity index (χ1) is 21.3. The van der Waals surface area contributed by atoms with Crippen molar-refractivity contribution in [1.29, 1.82) is 0 Å². The third kappa shape index (κ3) is 5.91. The van der Waals surface area contributed by atoms with Crippen molar-refractivity contribution in [3.8, 4) is 27.6 Å². The lowest BCUT2D eigenvalue weighted by molar-refractivity contribution is -0.160. The van der Waals surface area contributed by atoms with Gasteiger partial charge in [0, 0.05) is 54.5 Å². The molecule has 2 aliphatic rings. The van der Waals surface area contributed by atoms with E-state index in [0.717, 1.165) is 60.8 Å². The number of ether oxygens (including phenoxy) is 2. The zero-order valence-corrected chi connectivity index (χ0v) is 27.8. The first-order valence-corrected chi connectivity index (χ1v) is 16.2. The standard InChI is InChI=1S/C33H41FN6O4S/c1-18-20-10-8-15-43-27(20)23(34)16-21(18)26-22-17-24(30-36-32(37-45-30)40-12-9-11-38(6)13-14-40)39(7)29(22)35-19(2)25(26)28(31(41)42)44-33(3,4)5/h16-17,28H,8-15H2,1-7H3,(H,41,42)/t28-/m0/s1. The molecule has 0 unspecified atom stereocenters. The Morgan fingerprint density at radius 2 is 1.89 bits per heavy atom. The smallest absolute Gasteiger partial charge is 0.337 e. The molecule has 3 aromatic heterocycles. The van der Waals surface area contributed by atoms with Gasteiger partial charge in [-0.05, 0) is 102 Å². The SMILES string of the molecule is Cc1nc2c(cc(-c3nc(N4CCCN(C)CC4)ns3)n2C)c(-c2cc(F)c3c(c2C)CCCO3)c1[C@H](OC(C)(C)C)C(=O)O. The number of fused-ring (bicyclic) bond motifs is 2. The number of hydrogen-bond donors (Lipinski definition) is 1. The molecule has 6 rings (SSSR count). The van der Waals surface area contributed by atoms with E-state index in [2.05, 4.69) is 16.8 Å². The molecule has 0 spiro atoms. The lowest BCUT2D eigenvalue weighted by Gasteiger charge is -2.29. The van der Waals surface area contributed by atoms with Gasteiger partial charge < -0.3 is 28.9 Å². The summed E-state index contributed by atoms with van der Waals surface area (Å²) in [6.45, 7) is 13.4. The third-order valence-electron chi connectivity index (χ3n) is 8.70. The van der Waals surface area contributed by atoms with Crippen LogP contribution in [0.4, 0.5) is 10.3 Å². The fourth-order valence-electron chi connectivity index (χ4n) is 6.47. The molecule has 0 aliphatic carbocycles. The molecule has 1 atom stereocenters. The summed E-state index contributed by atoms with van der Waals surface area (Å²) in [5.74, 6) is -0.613. The van der Waals surface area contributed by atoms with E-state index in [1.54, 1.807) is 6.92 Å². The van der Waals surface area contributed by atoms with Crippen molar-refractivity contribution in [3.05, 3.63) is 40.3 Å². The van der Waals surface area contributed by atoms with Gasteiger partial charge >= 0.3 is 5.97 Å². The van der Waals surface area contributed by atoms with Crippen LogP contribution in [0.25, 0.3) is 32.9 Å². The number of carboxylic acids is 1. The van der Waals surface area contributed by atoms with Crippen LogP contribution in [0, 0.1) is 19.7 Å². The van der Waals surface area contributed by atoms with Crippen molar-refractivity contribution in [3.63, 3.8) is 0 Å². The highest BCUT2D eigenvalue weighted by Gasteiger charge is 2.35. The van der Waals surface area contributed by atoms with Gasteiger partial charge in [-0.25, -0.2) is 14.2 Å². The quantitative estimate of drug-likeness (QED) is 0.276. The first-order valence-electron chi connectivity index (χ1n) is 15.5. The van der Waals surface area contributed by atoms with E-state index in [0.29, 0.717) is 52.4 Å². The predicted molar refractivity (Wildman–Crippen MR) is 174 cm³/mol. The Labute approximate surface area is 267 Å². The number of nitrogens with zero attached hydrogens (tertiary/aromatic N) is 6. The van der Waals surface area contributed by atoms with Crippen LogP contribution >= 0.6 is 11.5 Å². The van der Waals surface area contributed by atoms with Gasteiger partial charge in [0.1, 0.15) is 5.65 Å². The molecule has 5 heterocycles. The van der Waals surface area contributed by atoms with Crippen molar-refractivity contribution in [2.75, 3.05) is 44.7 Å². The molecule has 240 valence electrons. The average Bonchev–Trinajstić information content (AvgIpc) is 3.52. The van der Waals surface area contributed by atoms with Crippen LogP contribution in [0.2, 0.25) is 0 Å². The van der Waals surface area contributed by atoms with Crippen LogP contribution in [0.5, 0.6) is 5.75 Å². The number of hydrogen-bond acceptors (Lipinski definition) is 9. The summed E-state index contributed by atoms with van der Waals surface area (Å²) >= 11 is 1.33. The van der Waals surface area contributed by atoms with Crippen LogP contribution in [0.15, 0.2) is 12.1 Å². The van der Waals surface area contributed by atoms with Crippen molar-refractivity contribution in [1.82, 2.24) is 23.8 Å². The number of halogens is 1. The molecule has 45 heavy (non-hydrogen) atoms. The summed E-state index contributed by atoms with van der Waals surface area (Å²) in [4.78, 5) is 27.3. The molecular formula is C33H41FN6O4S. The van der Waals surface area contributed by atoms with Crippen LogP contribution in [0.3, 0.4) is 0 Å². The number of rotatable bonds is 6. The Bertz CT molecular complexity index is 1780. The summed E-state index contributed by atoms with van der Waals surface area (Å²) in [6.07, 6.45) is 1.17. The largest absolute Gasteiger partial charge is 0.490 e. The molecule has 0 bridgehead atoms. The molecule has 1 saturated heterocycles. The summed E-state index contributed by atoms with van der Waals surface area (Å²) in [6, 6.07) is 3.45. The van der Waals surface area contributed by atoms with E-state index < -0.39 is 23.5 Å². The number of benzene rings is 1. The van der Waals surface area contributed by atoms with Gasteiger partial charge in [-0.1, -0.05) is 0 Å². The molecule has 12 heteroatoms. The molecular weight excluding hydrogens is 595 g/mol. The minimum absolute atomic E-state index is 0.279. The average molecular weight is 637 g/mol. The maximum absolute atomic E-state index is 15.7. The lowest BCUT2D eigenvalue weighted by Crippen LogP contribution is -2.29. The zero-order chi connectivity index (χ0) is 32.2. The molecule has 0 amide bonds. The maximum atomic E-state index is 15.7. The summed E-state index contributed by atoms with van der Waals surface area (Å²) in [7, 11) is 4.05. The Hall–Kier alpha value is -3.61. The number of aliphatic carboxylic acids is 1. The topological polar surface area (TPSA) is 106 Å². The fraction of sp³-hybridized carbons (Fsp3) is 0.515. The zero-order valence-electron chi connectivity index (χ0n) is 27.0. The molecule has 1 fully saturated rings. The second kappa shape index (κ2) is 12.0. The molecule has 10 nitrogen and oxygen atoms in total. The van der Waals surface area contributed by atoms with Gasteiger partial charge in [-0.2, -0.15) is 9.36 Å². The highest BCUT2D eigenvalue weighted by Crippen LogP contribution is 2.45. The lowest BCUT2D eigenvalue weighted by atomic mass is 9.86. The minimum atomic E-state index is -1.33. The number of carbonyl (C=O) groups is 1. The summed E-state index contributed by atoms with van der Waals surface area (Å²) in [5.41, 5.74) is 4.46. The number of aromatic nitrogens is 4. The predicted octanol–water partition coefficient (Wildman–Crippen LogP) is 5.92. The summed E-state index contributed by atoms with van der Waals surface area (Å²) in [5, 5.41) is 11.9. The van der Waals surface area contributed by atoms with E-state index in [1.165, 1.54) is 17.6 Å². The second-order valence-electron chi connectivity index (χ2n) is 13.1. The Kier molecular flexibility index (Phi) is 8.34. The molecule has 0 radical (unpaired) electrons. The van der Waals surface area contributed by atoms with Gasteiger partial charge in [0.25, 0.3) is 0 Å². The monoisotopic (exact) mass is 636 g/mol. The minimum Gasteiger partial charge on any atom is -0.490 e. The fourth-order valence-corrected chi connectivity index (χ4v) is 7.21. The molecule has 1 aromatic carbocycles. The number of aryl methyl sites for hydroxylation is 2. The molecule has 2 aliphatic heterocycles. The van der Waals surface area contributed by atoms with Gasteiger partial charge in [0.05, 0.1) is 17.9 Å². The van der Waals surface area contributed by atoms with Crippen LogP contribution < -0.4 is 9.64 Å². The van der Waals surface area contributed by atoms with Crippen molar-refractivity contribution >= 4 is 34.5 Å². The molecule has 1 N–H and O–H groups in total. The van der Waals surface area contributed by atoms with E-state index in [-0.39, 0.29) is 5.75 Å². The van der Waals surface area contributed by atoms with E-state index >= 15 is 4.39 Å². The summed E-state index contributed by atoms with van der Waals surface area (Å²) < 4.78 is 34.3. The maximum Gasteiger partial charge on any atom is 0.337 e. The number of carboxylic acid groups (broad SMARTS) is 1. The van der Waals surface area contributed by atoms with Gasteiger partial charge in [0.2, 0.25) is 5.95 Å². The van der Waals surface area contributed by atoms with Gasteiger partial charge in [0.15, 0.2) is 22.7 Å². The number of anilines is 1. The van der Waals surface area contributed by atoms with E-state index in [1.807, 2.05) is 45.4 Å². The van der Waals surface area contributed by atoms with Crippen molar-refractivity contribution in [2.45, 2.75) is 65.6 Å². The number of pyridine rings is 1. The second-order valence-corrected chi connectivity index (χ2v) is 13.8. The van der Waals surface area contributed by atoms with E-state index in [4.69, 9.17) is 23.8 Å². The number of likely N-dealkylation sites (N-methyl/N-ethyl adjacent to an activating group) is 1. The van der Waals surface area contributed by atoms with Crippen LogP contribution in [-0.4, -0.2) is 80.3 Å². The Morgan fingerprint density at radius 3 is 2.62 bits per heavy atom. The first kappa shape index (κ1) is 31.4. The highest BCUT2D eigenvalue weighted by atomic mass is 32.1. The Morgan fingerprint density at radius 1 is 1.11 bits per heavy atom. The van der Waals surface area contributed by atoms with Gasteiger partial charge in [-0.3, -0.25) is 0 Å². The molecule has 4 aromatic rings. The van der Waals surface area contributed by atoms with Crippen molar-refractivity contribution < 1.29 is 23.8 Å². The molecule has 0 saturated carbocycles. The normalized spacial score (nSPS) is 16.8. The highest BCUT2D eigenvalue weighted by molar-refractivity contribution is 7.09. The van der Waals surface area contributed by atoms with Crippen LogP contribution in [-0.2, 0) is 23.0 Å². The van der Waals surface area contributed by atoms with E-state index in [9.17, 15) is 9.90 Å². The van der Waals surface area contributed by atoms with Gasteiger partial charge in [-0.15, -0.1) is 0 Å². The van der Waals surface area contributed by atoms with Crippen molar-refractivity contribution in [2.24, 2.45) is 7.05 Å². The Balaban J connectivity index is 1.58. The third-order valence-corrected chi connectivity index (χ3v) is 9.43.